The summed E-state index contributed by atoms with van der Waals surface area (Å²) in [5, 5.41) is 0.219. The zero-order chi connectivity index (χ0) is 12.0. The number of nitrogens with zero attached hydrogens (tertiary/aromatic N) is 3. The molecule has 0 saturated carbocycles. The summed E-state index contributed by atoms with van der Waals surface area (Å²) in [5.74, 6) is -0.189. The molecular formula is C10H14ClN3O2. The molecule has 0 saturated heterocycles. The van der Waals surface area contributed by atoms with E-state index >= 15 is 0 Å². The second kappa shape index (κ2) is 6.40. The Morgan fingerprint density at radius 1 is 1.56 bits per heavy atom. The number of methoxy groups -OCH3 is 1. The summed E-state index contributed by atoms with van der Waals surface area (Å²) >= 11 is 5.66. The Bertz CT molecular complexity index is 360. The molecule has 1 rings (SSSR count). The molecular weight excluding hydrogens is 230 g/mol. The largest absolute Gasteiger partial charge is 0.385 e. The van der Waals surface area contributed by atoms with Gasteiger partial charge in [-0.05, 0) is 6.42 Å². The second-order valence-electron chi connectivity index (χ2n) is 3.30. The molecule has 6 heteroatoms. The van der Waals surface area contributed by atoms with E-state index in [4.69, 9.17) is 16.3 Å². The van der Waals surface area contributed by atoms with Crippen LogP contribution in [-0.4, -0.2) is 48.1 Å². The Balaban J connectivity index is 2.56. The van der Waals surface area contributed by atoms with Gasteiger partial charge in [0.25, 0.3) is 5.91 Å². The molecule has 1 amide bonds. The Morgan fingerprint density at radius 2 is 2.31 bits per heavy atom. The van der Waals surface area contributed by atoms with Crippen molar-refractivity contribution in [3.05, 3.63) is 23.2 Å². The van der Waals surface area contributed by atoms with Crippen LogP contribution >= 0.6 is 11.6 Å². The molecule has 0 fully saturated rings. The molecule has 88 valence electrons. The predicted molar refractivity (Wildman–Crippen MR) is 60.5 cm³/mol. The first kappa shape index (κ1) is 12.9. The summed E-state index contributed by atoms with van der Waals surface area (Å²) < 4.78 is 4.91. The van der Waals surface area contributed by atoms with Crippen molar-refractivity contribution in [3.63, 3.8) is 0 Å². The minimum Gasteiger partial charge on any atom is -0.385 e. The first-order valence-electron chi connectivity index (χ1n) is 4.87. The number of carbonyl (C=O) groups is 1. The molecule has 0 aliphatic rings. The van der Waals surface area contributed by atoms with Gasteiger partial charge in [-0.25, -0.2) is 4.98 Å². The van der Waals surface area contributed by atoms with E-state index in [1.807, 2.05) is 0 Å². The number of rotatable bonds is 5. The van der Waals surface area contributed by atoms with E-state index in [-0.39, 0.29) is 16.8 Å². The van der Waals surface area contributed by atoms with Gasteiger partial charge in [0.05, 0.1) is 12.4 Å². The van der Waals surface area contributed by atoms with E-state index in [0.29, 0.717) is 13.2 Å². The smallest absolute Gasteiger partial charge is 0.273 e. The van der Waals surface area contributed by atoms with Gasteiger partial charge in [0.2, 0.25) is 0 Å². The summed E-state index contributed by atoms with van der Waals surface area (Å²) in [7, 11) is 3.34. The molecule has 1 aromatic heterocycles. The number of hydrogen-bond acceptors (Lipinski definition) is 4. The van der Waals surface area contributed by atoms with Crippen molar-refractivity contribution in [2.45, 2.75) is 6.42 Å². The first-order valence-corrected chi connectivity index (χ1v) is 5.25. The van der Waals surface area contributed by atoms with Gasteiger partial charge in [-0.3, -0.25) is 9.78 Å². The second-order valence-corrected chi connectivity index (χ2v) is 3.69. The Morgan fingerprint density at radius 3 is 2.94 bits per heavy atom. The van der Waals surface area contributed by atoms with Crippen LogP contribution in [0.5, 0.6) is 0 Å². The zero-order valence-corrected chi connectivity index (χ0v) is 10.1. The normalized spacial score (nSPS) is 10.2. The summed E-state index contributed by atoms with van der Waals surface area (Å²) in [6.07, 6.45) is 3.58. The summed E-state index contributed by atoms with van der Waals surface area (Å²) in [4.78, 5) is 21.1. The third kappa shape index (κ3) is 3.75. The molecule has 0 radical (unpaired) electrons. The lowest BCUT2D eigenvalue weighted by Crippen LogP contribution is -2.29. The van der Waals surface area contributed by atoms with Crippen LogP contribution in [0.15, 0.2) is 12.4 Å². The minimum absolute atomic E-state index is 0.189. The van der Waals surface area contributed by atoms with Crippen LogP contribution in [0.2, 0.25) is 5.15 Å². The van der Waals surface area contributed by atoms with E-state index in [1.165, 1.54) is 12.4 Å². The maximum absolute atomic E-state index is 11.8. The highest BCUT2D eigenvalue weighted by atomic mass is 35.5. The van der Waals surface area contributed by atoms with Gasteiger partial charge < -0.3 is 9.64 Å². The van der Waals surface area contributed by atoms with Gasteiger partial charge in [0.1, 0.15) is 10.8 Å². The van der Waals surface area contributed by atoms with Crippen molar-refractivity contribution in [1.29, 1.82) is 0 Å². The van der Waals surface area contributed by atoms with Crippen molar-refractivity contribution in [2.24, 2.45) is 0 Å². The van der Waals surface area contributed by atoms with Gasteiger partial charge in [-0.2, -0.15) is 0 Å². The van der Waals surface area contributed by atoms with Crippen LogP contribution in [0.3, 0.4) is 0 Å². The zero-order valence-electron chi connectivity index (χ0n) is 9.31. The average Bonchev–Trinajstić information content (AvgIpc) is 2.28. The number of carbonyl (C=O) groups excluding carboxylic acids is 1. The van der Waals surface area contributed by atoms with E-state index in [9.17, 15) is 4.79 Å². The molecule has 1 aromatic rings. The quantitative estimate of drug-likeness (QED) is 0.730. The third-order valence-electron chi connectivity index (χ3n) is 2.01. The lowest BCUT2D eigenvalue weighted by Gasteiger charge is -2.15. The fourth-order valence-corrected chi connectivity index (χ4v) is 1.34. The topological polar surface area (TPSA) is 55.3 Å². The molecule has 0 aliphatic heterocycles. The minimum atomic E-state index is -0.189. The molecule has 0 N–H and O–H groups in total. The van der Waals surface area contributed by atoms with Crippen molar-refractivity contribution >= 4 is 17.5 Å². The Kier molecular flexibility index (Phi) is 5.14. The Labute approximate surface area is 99.4 Å². The first-order chi connectivity index (χ1) is 7.65. The summed E-state index contributed by atoms with van der Waals surface area (Å²) in [6.45, 7) is 1.24. The molecule has 0 aliphatic carbocycles. The molecule has 0 spiro atoms. The van der Waals surface area contributed by atoms with Gasteiger partial charge in [-0.15, -0.1) is 0 Å². The lowest BCUT2D eigenvalue weighted by molar-refractivity contribution is 0.0773. The number of aromatic nitrogens is 2. The van der Waals surface area contributed by atoms with Gasteiger partial charge >= 0.3 is 0 Å². The van der Waals surface area contributed by atoms with Gasteiger partial charge in [0, 0.05) is 27.3 Å². The summed E-state index contributed by atoms with van der Waals surface area (Å²) in [5.41, 5.74) is 0.257. The van der Waals surface area contributed by atoms with Crippen molar-refractivity contribution in [2.75, 3.05) is 27.3 Å². The highest BCUT2D eigenvalue weighted by molar-refractivity contribution is 6.29. The van der Waals surface area contributed by atoms with Gasteiger partial charge in [-0.1, -0.05) is 11.6 Å². The van der Waals surface area contributed by atoms with Crippen LogP contribution in [-0.2, 0) is 4.74 Å². The Hall–Kier alpha value is -1.20. The third-order valence-corrected chi connectivity index (χ3v) is 2.20. The van der Waals surface area contributed by atoms with E-state index < -0.39 is 0 Å². The van der Waals surface area contributed by atoms with E-state index in [2.05, 4.69) is 9.97 Å². The van der Waals surface area contributed by atoms with Crippen LogP contribution < -0.4 is 0 Å². The fourth-order valence-electron chi connectivity index (χ4n) is 1.19. The number of hydrogen-bond donors (Lipinski definition) is 0. The van der Waals surface area contributed by atoms with Crippen LogP contribution in [0.25, 0.3) is 0 Å². The lowest BCUT2D eigenvalue weighted by atomic mass is 10.3. The van der Waals surface area contributed by atoms with Crippen molar-refractivity contribution < 1.29 is 9.53 Å². The van der Waals surface area contributed by atoms with Crippen LogP contribution in [0, 0.1) is 0 Å². The van der Waals surface area contributed by atoms with Gasteiger partial charge in [0.15, 0.2) is 0 Å². The monoisotopic (exact) mass is 243 g/mol. The van der Waals surface area contributed by atoms with E-state index in [1.54, 1.807) is 19.1 Å². The maximum Gasteiger partial charge on any atom is 0.273 e. The molecule has 16 heavy (non-hydrogen) atoms. The van der Waals surface area contributed by atoms with Crippen molar-refractivity contribution in [3.8, 4) is 0 Å². The van der Waals surface area contributed by atoms with Crippen LogP contribution in [0.1, 0.15) is 16.9 Å². The fraction of sp³-hybridized carbons (Fsp3) is 0.500. The summed E-state index contributed by atoms with van der Waals surface area (Å²) in [6, 6.07) is 0. The molecule has 5 nitrogen and oxygen atoms in total. The SMILES string of the molecule is COCCCN(C)C(=O)c1cncc(Cl)n1. The molecule has 0 unspecified atom stereocenters. The molecule has 1 heterocycles. The molecule has 0 aromatic carbocycles. The molecule has 0 atom stereocenters. The predicted octanol–water partition coefficient (Wildman–Crippen LogP) is 1.24. The maximum atomic E-state index is 11.8. The number of halogens is 1. The van der Waals surface area contributed by atoms with Crippen LogP contribution in [0.4, 0.5) is 0 Å². The highest BCUT2D eigenvalue weighted by Gasteiger charge is 2.13. The average molecular weight is 244 g/mol. The van der Waals surface area contributed by atoms with E-state index in [0.717, 1.165) is 6.42 Å². The molecule has 0 bridgehead atoms. The highest BCUT2D eigenvalue weighted by Crippen LogP contribution is 2.05. The number of amides is 1. The standard InChI is InChI=1S/C10H14ClN3O2/c1-14(4-3-5-16-2)10(15)8-6-12-7-9(11)13-8/h6-7H,3-5H2,1-2H3. The van der Waals surface area contributed by atoms with Crippen molar-refractivity contribution in [1.82, 2.24) is 14.9 Å². The number of ether oxygens (including phenoxy) is 1.